The average Bonchev–Trinajstić information content (AvgIpc) is 3.54. The highest BCUT2D eigenvalue weighted by atomic mass is 16.5. The molecule has 1 fully saturated rings. The molecule has 0 saturated carbocycles. The van der Waals surface area contributed by atoms with Gasteiger partial charge in [0.05, 0.1) is 13.7 Å². The van der Waals surface area contributed by atoms with E-state index in [1.807, 2.05) is 66.9 Å². The number of methoxy groups -OCH3 is 1. The van der Waals surface area contributed by atoms with Crippen molar-refractivity contribution in [3.05, 3.63) is 101 Å². The van der Waals surface area contributed by atoms with Crippen LogP contribution in [0.2, 0.25) is 0 Å². The van der Waals surface area contributed by atoms with E-state index in [1.165, 1.54) is 0 Å². The summed E-state index contributed by atoms with van der Waals surface area (Å²) >= 11 is 0. The number of fused-ring (bicyclic) bond motifs is 5. The van der Waals surface area contributed by atoms with Crippen LogP contribution in [0.25, 0.3) is 21.8 Å². The summed E-state index contributed by atoms with van der Waals surface area (Å²) in [4.78, 5) is 38.3. The molecule has 190 valence electrons. The van der Waals surface area contributed by atoms with Gasteiger partial charge in [-0.25, -0.2) is 0 Å². The van der Waals surface area contributed by atoms with Crippen molar-refractivity contribution in [2.75, 3.05) is 20.2 Å². The Kier molecular flexibility index (Phi) is 5.25. The third-order valence-corrected chi connectivity index (χ3v) is 8.10. The second kappa shape index (κ2) is 8.80. The third kappa shape index (κ3) is 3.42. The molecule has 2 amide bonds. The predicted molar refractivity (Wildman–Crippen MR) is 146 cm³/mol. The molecule has 7 rings (SSSR count). The number of amides is 2. The van der Waals surface area contributed by atoms with Crippen LogP contribution in [-0.4, -0.2) is 57.8 Å². The summed E-state index contributed by atoms with van der Waals surface area (Å²) in [6, 6.07) is 23.1. The topological polar surface area (TPSA) is 81.4 Å². The molecule has 0 aliphatic carbocycles. The van der Waals surface area contributed by atoms with Crippen LogP contribution < -0.4 is 4.74 Å². The van der Waals surface area contributed by atoms with E-state index in [0.29, 0.717) is 25.1 Å². The first-order chi connectivity index (χ1) is 18.6. The number of nitrogens with one attached hydrogen (secondary N) is 2. The van der Waals surface area contributed by atoms with Crippen LogP contribution in [0.1, 0.15) is 28.4 Å². The molecule has 2 atom stereocenters. The number of para-hydroxylation sites is 3. The lowest BCUT2D eigenvalue weighted by molar-refractivity contribution is -0.158. The van der Waals surface area contributed by atoms with E-state index >= 15 is 0 Å². The Morgan fingerprint density at radius 3 is 2.50 bits per heavy atom. The number of aromatic amines is 2. The fourth-order valence-electron chi connectivity index (χ4n) is 6.32. The number of hydrogen-bond donors (Lipinski definition) is 2. The number of carbonyl (C=O) groups is 2. The summed E-state index contributed by atoms with van der Waals surface area (Å²) in [6.45, 7) is 0.565. The van der Waals surface area contributed by atoms with Gasteiger partial charge in [-0.05, 0) is 35.7 Å². The van der Waals surface area contributed by atoms with Gasteiger partial charge in [0.2, 0.25) is 11.8 Å². The lowest BCUT2D eigenvalue weighted by Crippen LogP contribution is -2.63. The molecule has 7 nitrogen and oxygen atoms in total. The monoisotopic (exact) mass is 504 g/mol. The Bertz CT molecular complexity index is 1700. The molecule has 38 heavy (non-hydrogen) atoms. The zero-order valence-electron chi connectivity index (χ0n) is 21.1. The largest absolute Gasteiger partial charge is 0.496 e. The average molecular weight is 505 g/mol. The van der Waals surface area contributed by atoms with Crippen LogP contribution in [0, 0.1) is 0 Å². The zero-order chi connectivity index (χ0) is 25.8. The summed E-state index contributed by atoms with van der Waals surface area (Å²) in [5.41, 5.74) is 6.17. The van der Waals surface area contributed by atoms with Crippen LogP contribution in [0.5, 0.6) is 5.75 Å². The maximum Gasteiger partial charge on any atom is 0.246 e. The number of nitrogens with zero attached hydrogens (tertiary/aromatic N) is 2. The van der Waals surface area contributed by atoms with Gasteiger partial charge in [0.1, 0.15) is 17.8 Å². The molecule has 0 spiro atoms. The van der Waals surface area contributed by atoms with Crippen LogP contribution in [0.15, 0.2) is 79.0 Å². The Balaban J connectivity index is 1.27. The first kappa shape index (κ1) is 22.7. The molecule has 2 unspecified atom stereocenters. The summed E-state index contributed by atoms with van der Waals surface area (Å²) in [7, 11) is 1.64. The predicted octanol–water partition coefficient (Wildman–Crippen LogP) is 4.59. The molecular weight excluding hydrogens is 476 g/mol. The molecule has 3 aromatic carbocycles. The van der Waals surface area contributed by atoms with E-state index in [4.69, 9.17) is 4.74 Å². The zero-order valence-corrected chi connectivity index (χ0v) is 21.1. The van der Waals surface area contributed by atoms with Gasteiger partial charge in [0, 0.05) is 52.2 Å². The lowest BCUT2D eigenvalue weighted by atomic mass is 9.86. The molecule has 2 aliphatic heterocycles. The normalized spacial score (nSPS) is 19.2. The van der Waals surface area contributed by atoms with E-state index in [0.717, 1.165) is 44.2 Å². The molecule has 5 aromatic rings. The van der Waals surface area contributed by atoms with Crippen LogP contribution in [0.3, 0.4) is 0 Å². The second-order valence-corrected chi connectivity index (χ2v) is 10.1. The minimum absolute atomic E-state index is 0.000250. The highest BCUT2D eigenvalue weighted by molar-refractivity contribution is 5.98. The third-order valence-electron chi connectivity index (χ3n) is 8.10. The Morgan fingerprint density at radius 2 is 1.66 bits per heavy atom. The van der Waals surface area contributed by atoms with E-state index in [-0.39, 0.29) is 18.4 Å². The fourth-order valence-corrected chi connectivity index (χ4v) is 6.32. The number of carbonyl (C=O) groups excluding carboxylic acids is 2. The maximum absolute atomic E-state index is 14.0. The van der Waals surface area contributed by atoms with Crippen LogP contribution in [0.4, 0.5) is 0 Å². The van der Waals surface area contributed by atoms with E-state index in [9.17, 15) is 9.59 Å². The summed E-state index contributed by atoms with van der Waals surface area (Å²) < 4.78 is 5.72. The SMILES string of the molecule is COc1ccccc1C1c2[nH]c3ccccc3c2CC2C(=O)N(CCc3c[nH]c4ccccc34)CC(=O)N21. The summed E-state index contributed by atoms with van der Waals surface area (Å²) in [5, 5.41) is 2.25. The number of H-pyrrole nitrogens is 2. The molecule has 1 saturated heterocycles. The first-order valence-corrected chi connectivity index (χ1v) is 13.0. The van der Waals surface area contributed by atoms with Crippen molar-refractivity contribution in [2.24, 2.45) is 0 Å². The molecule has 0 radical (unpaired) electrons. The maximum atomic E-state index is 14.0. The molecular formula is C31H28N4O3. The van der Waals surface area contributed by atoms with Crippen LogP contribution in [-0.2, 0) is 22.4 Å². The van der Waals surface area contributed by atoms with Crippen molar-refractivity contribution in [3.8, 4) is 5.75 Å². The molecule has 4 heterocycles. The van der Waals surface area contributed by atoms with Crippen LogP contribution >= 0.6 is 0 Å². The van der Waals surface area contributed by atoms with Gasteiger partial charge in [-0.3, -0.25) is 9.59 Å². The van der Waals surface area contributed by atoms with Gasteiger partial charge in [0.15, 0.2) is 0 Å². The number of rotatable bonds is 5. The smallest absolute Gasteiger partial charge is 0.246 e. The number of benzene rings is 3. The van der Waals surface area contributed by atoms with Gasteiger partial charge < -0.3 is 24.5 Å². The van der Waals surface area contributed by atoms with Crippen molar-refractivity contribution in [2.45, 2.75) is 24.9 Å². The highest BCUT2D eigenvalue weighted by Crippen LogP contribution is 2.44. The van der Waals surface area contributed by atoms with E-state index < -0.39 is 12.1 Å². The highest BCUT2D eigenvalue weighted by Gasteiger charge is 2.48. The Morgan fingerprint density at radius 1 is 0.921 bits per heavy atom. The van der Waals surface area contributed by atoms with Gasteiger partial charge in [-0.2, -0.15) is 0 Å². The number of ether oxygens (including phenoxy) is 1. The molecule has 2 aliphatic rings. The standard InChI is InChI=1S/C31H28N4O3/c1-38-27-13-7-4-10-22(27)30-29-23(21-9-3-6-12-25(21)33-29)16-26-31(37)34(18-28(36)35(26)30)15-14-19-17-32-24-11-5-2-8-20(19)24/h2-13,17,26,30,32-33H,14-16,18H2,1H3. The molecule has 0 bridgehead atoms. The summed E-state index contributed by atoms with van der Waals surface area (Å²) in [5.74, 6) is 0.652. The van der Waals surface area contributed by atoms with E-state index in [1.54, 1.807) is 16.9 Å². The van der Waals surface area contributed by atoms with Crippen molar-refractivity contribution in [3.63, 3.8) is 0 Å². The molecule has 7 heteroatoms. The minimum atomic E-state index is -0.569. The van der Waals surface area contributed by atoms with Gasteiger partial charge in [0.25, 0.3) is 0 Å². The van der Waals surface area contributed by atoms with Crippen molar-refractivity contribution in [1.82, 2.24) is 19.8 Å². The first-order valence-electron chi connectivity index (χ1n) is 13.0. The number of aromatic nitrogens is 2. The minimum Gasteiger partial charge on any atom is -0.496 e. The lowest BCUT2D eigenvalue weighted by Gasteiger charge is -2.47. The molecule has 2 N–H and O–H groups in total. The Hall–Kier alpha value is -4.52. The van der Waals surface area contributed by atoms with Gasteiger partial charge in [-0.1, -0.05) is 54.6 Å². The van der Waals surface area contributed by atoms with Crippen molar-refractivity contribution < 1.29 is 14.3 Å². The number of hydrogen-bond acceptors (Lipinski definition) is 3. The van der Waals surface area contributed by atoms with Gasteiger partial charge in [-0.15, -0.1) is 0 Å². The number of piperazine rings is 1. The van der Waals surface area contributed by atoms with Crippen molar-refractivity contribution in [1.29, 1.82) is 0 Å². The fraction of sp³-hybridized carbons (Fsp3) is 0.226. The summed E-state index contributed by atoms with van der Waals surface area (Å²) in [6.07, 6.45) is 3.17. The quantitative estimate of drug-likeness (QED) is 0.368. The Labute approximate surface area is 220 Å². The molecule has 2 aromatic heterocycles. The van der Waals surface area contributed by atoms with Gasteiger partial charge >= 0.3 is 0 Å². The second-order valence-electron chi connectivity index (χ2n) is 10.1. The van der Waals surface area contributed by atoms with Crippen molar-refractivity contribution >= 4 is 33.6 Å². The van der Waals surface area contributed by atoms with E-state index in [2.05, 4.69) is 22.1 Å².